The van der Waals surface area contributed by atoms with Gasteiger partial charge in [-0.05, 0) is 37.5 Å². The van der Waals surface area contributed by atoms with E-state index in [4.69, 9.17) is 5.73 Å². The molecule has 0 unspecified atom stereocenters. The fourth-order valence-electron chi connectivity index (χ4n) is 1.71. The smallest absolute Gasteiger partial charge is 0.129 e. The number of hydrogen-bond donors (Lipinski definition) is 1. The molecule has 1 aromatic rings. The van der Waals surface area contributed by atoms with Crippen LogP contribution in [0.15, 0.2) is 12.1 Å². The van der Waals surface area contributed by atoms with Gasteiger partial charge in [-0.25, -0.2) is 8.78 Å². The van der Waals surface area contributed by atoms with Crippen LogP contribution in [0.25, 0.3) is 0 Å². The number of hydrogen-bond acceptors (Lipinski definition) is 1. The maximum absolute atomic E-state index is 13.3. The summed E-state index contributed by atoms with van der Waals surface area (Å²) in [6, 6.07) is 2.83. The van der Waals surface area contributed by atoms with E-state index in [1.54, 1.807) is 0 Å². The van der Waals surface area contributed by atoms with Crippen molar-refractivity contribution in [2.24, 2.45) is 5.73 Å². The molecule has 0 radical (unpaired) electrons. The van der Waals surface area contributed by atoms with Gasteiger partial charge in [0.25, 0.3) is 0 Å². The van der Waals surface area contributed by atoms with Crippen LogP contribution in [-0.2, 0) is 5.41 Å². The molecule has 1 aliphatic carbocycles. The lowest BCUT2D eigenvalue weighted by atomic mass is 9.95. The second kappa shape index (κ2) is 3.02. The van der Waals surface area contributed by atoms with Crippen LogP contribution in [0.1, 0.15) is 24.0 Å². The molecule has 0 bridgehead atoms. The van der Waals surface area contributed by atoms with Crippen LogP contribution in [-0.4, -0.2) is 6.54 Å². The van der Waals surface area contributed by atoms with Crippen LogP contribution in [0.4, 0.5) is 8.78 Å². The molecule has 1 aliphatic rings. The summed E-state index contributed by atoms with van der Waals surface area (Å²) in [5.41, 5.74) is 6.24. The van der Waals surface area contributed by atoms with Gasteiger partial charge in [-0.1, -0.05) is 0 Å². The molecule has 76 valence electrons. The summed E-state index contributed by atoms with van der Waals surface area (Å²) in [6.45, 7) is 1.91. The average molecular weight is 197 g/mol. The Morgan fingerprint density at radius 3 is 2.14 bits per heavy atom. The molecule has 1 nitrogen and oxygen atoms in total. The molecule has 0 atom stereocenters. The Hall–Kier alpha value is -0.960. The van der Waals surface area contributed by atoms with E-state index in [-0.39, 0.29) is 11.0 Å². The van der Waals surface area contributed by atoms with Crippen LogP contribution in [0, 0.1) is 18.6 Å². The summed E-state index contributed by atoms with van der Waals surface area (Å²) in [5, 5.41) is 0. The lowest BCUT2D eigenvalue weighted by Gasteiger charge is -2.13. The van der Waals surface area contributed by atoms with Crippen molar-refractivity contribution in [3.63, 3.8) is 0 Å². The predicted molar refractivity (Wildman–Crippen MR) is 51.1 cm³/mol. The standard InChI is InChI=1S/C11H13F2N/c1-7-9(12)4-8(5-10(7)13)11(6-14)2-3-11/h4-5H,2-3,6,14H2,1H3. The first-order valence-corrected chi connectivity index (χ1v) is 4.75. The summed E-state index contributed by atoms with van der Waals surface area (Å²) in [6.07, 6.45) is 1.87. The fourth-order valence-corrected chi connectivity index (χ4v) is 1.71. The molecule has 2 N–H and O–H groups in total. The van der Waals surface area contributed by atoms with Crippen LogP contribution < -0.4 is 5.73 Å². The van der Waals surface area contributed by atoms with E-state index < -0.39 is 11.6 Å². The second-order valence-electron chi connectivity index (χ2n) is 4.05. The third-order valence-corrected chi connectivity index (χ3v) is 3.14. The first-order chi connectivity index (χ1) is 6.59. The van der Waals surface area contributed by atoms with E-state index in [1.807, 2.05) is 0 Å². The van der Waals surface area contributed by atoms with Gasteiger partial charge in [0.2, 0.25) is 0 Å². The fraction of sp³-hybridized carbons (Fsp3) is 0.455. The molecule has 0 aromatic heterocycles. The van der Waals surface area contributed by atoms with Crippen molar-refractivity contribution in [2.75, 3.05) is 6.54 Å². The van der Waals surface area contributed by atoms with Gasteiger partial charge in [-0.2, -0.15) is 0 Å². The van der Waals surface area contributed by atoms with Crippen molar-refractivity contribution in [3.8, 4) is 0 Å². The molecule has 0 heterocycles. The maximum Gasteiger partial charge on any atom is 0.129 e. The Kier molecular flexibility index (Phi) is 2.07. The topological polar surface area (TPSA) is 26.0 Å². The summed E-state index contributed by atoms with van der Waals surface area (Å²) in [7, 11) is 0. The highest BCUT2D eigenvalue weighted by Crippen LogP contribution is 2.47. The number of halogens is 2. The molecule has 0 aliphatic heterocycles. The third kappa shape index (κ3) is 1.32. The Bertz CT molecular complexity index is 347. The minimum atomic E-state index is -0.472. The van der Waals surface area contributed by atoms with E-state index in [0.29, 0.717) is 12.1 Å². The van der Waals surface area contributed by atoms with Gasteiger partial charge in [0, 0.05) is 17.5 Å². The Morgan fingerprint density at radius 1 is 1.29 bits per heavy atom. The number of benzene rings is 1. The highest BCUT2D eigenvalue weighted by atomic mass is 19.1. The molecule has 0 amide bonds. The first kappa shape index (κ1) is 9.59. The van der Waals surface area contributed by atoms with E-state index in [0.717, 1.165) is 12.8 Å². The van der Waals surface area contributed by atoms with Crippen LogP contribution in [0.5, 0.6) is 0 Å². The molecule has 14 heavy (non-hydrogen) atoms. The van der Waals surface area contributed by atoms with Crippen molar-refractivity contribution < 1.29 is 8.78 Å². The van der Waals surface area contributed by atoms with Gasteiger partial charge in [0.05, 0.1) is 0 Å². The molecule has 0 saturated heterocycles. The summed E-state index contributed by atoms with van der Waals surface area (Å²) >= 11 is 0. The lowest BCUT2D eigenvalue weighted by Crippen LogP contribution is -2.20. The monoisotopic (exact) mass is 197 g/mol. The van der Waals surface area contributed by atoms with Crippen LogP contribution >= 0.6 is 0 Å². The second-order valence-corrected chi connectivity index (χ2v) is 4.05. The Morgan fingerprint density at radius 2 is 1.79 bits per heavy atom. The quantitative estimate of drug-likeness (QED) is 0.773. The first-order valence-electron chi connectivity index (χ1n) is 4.75. The molecular formula is C11H13F2N. The zero-order valence-corrected chi connectivity index (χ0v) is 8.11. The Labute approximate surface area is 81.9 Å². The van der Waals surface area contributed by atoms with Gasteiger partial charge >= 0.3 is 0 Å². The van der Waals surface area contributed by atoms with Crippen molar-refractivity contribution in [1.29, 1.82) is 0 Å². The zero-order chi connectivity index (χ0) is 10.3. The van der Waals surface area contributed by atoms with E-state index in [9.17, 15) is 8.78 Å². The zero-order valence-electron chi connectivity index (χ0n) is 8.11. The van der Waals surface area contributed by atoms with E-state index in [2.05, 4.69) is 0 Å². The minimum absolute atomic E-state index is 0.0848. The molecule has 2 rings (SSSR count). The van der Waals surface area contributed by atoms with Crippen molar-refractivity contribution >= 4 is 0 Å². The van der Waals surface area contributed by atoms with E-state index >= 15 is 0 Å². The largest absolute Gasteiger partial charge is 0.330 e. The summed E-state index contributed by atoms with van der Waals surface area (Å²) < 4.78 is 26.5. The molecular weight excluding hydrogens is 184 g/mol. The normalized spacial score (nSPS) is 18.3. The lowest BCUT2D eigenvalue weighted by molar-refractivity contribution is 0.556. The van der Waals surface area contributed by atoms with Gasteiger partial charge in [-0.15, -0.1) is 0 Å². The van der Waals surface area contributed by atoms with Crippen molar-refractivity contribution in [3.05, 3.63) is 34.9 Å². The van der Waals surface area contributed by atoms with Crippen LogP contribution in [0.2, 0.25) is 0 Å². The van der Waals surface area contributed by atoms with Gasteiger partial charge in [-0.3, -0.25) is 0 Å². The number of nitrogens with two attached hydrogens (primary N) is 1. The molecule has 1 fully saturated rings. The molecule has 1 saturated carbocycles. The highest BCUT2D eigenvalue weighted by Gasteiger charge is 2.43. The molecule has 3 heteroatoms. The number of rotatable bonds is 2. The molecule has 0 spiro atoms. The third-order valence-electron chi connectivity index (χ3n) is 3.14. The summed E-state index contributed by atoms with van der Waals surface area (Å²) in [4.78, 5) is 0. The van der Waals surface area contributed by atoms with Crippen molar-refractivity contribution in [1.82, 2.24) is 0 Å². The van der Waals surface area contributed by atoms with Crippen molar-refractivity contribution in [2.45, 2.75) is 25.2 Å². The SMILES string of the molecule is Cc1c(F)cc(C2(CN)CC2)cc1F. The highest BCUT2D eigenvalue weighted by molar-refractivity contribution is 5.35. The minimum Gasteiger partial charge on any atom is -0.330 e. The van der Waals surface area contributed by atoms with Gasteiger partial charge in [0.15, 0.2) is 0 Å². The maximum atomic E-state index is 13.3. The van der Waals surface area contributed by atoms with Gasteiger partial charge in [0.1, 0.15) is 11.6 Å². The summed E-state index contributed by atoms with van der Waals surface area (Å²) in [5.74, 6) is -0.945. The van der Waals surface area contributed by atoms with Gasteiger partial charge < -0.3 is 5.73 Å². The average Bonchev–Trinajstić information content (AvgIpc) is 2.94. The predicted octanol–water partition coefficient (Wildman–Crippen LogP) is 2.26. The Balaban J connectivity index is 2.46. The molecule has 1 aromatic carbocycles. The van der Waals surface area contributed by atoms with E-state index in [1.165, 1.54) is 19.1 Å². The van der Waals surface area contributed by atoms with Crippen LogP contribution in [0.3, 0.4) is 0 Å².